The van der Waals surface area contributed by atoms with Crippen LogP contribution in [0.5, 0.6) is 5.75 Å². The van der Waals surface area contributed by atoms with E-state index in [4.69, 9.17) is 16.3 Å². The Morgan fingerprint density at radius 3 is 2.60 bits per heavy atom. The molecule has 0 saturated carbocycles. The van der Waals surface area contributed by atoms with Gasteiger partial charge in [0.2, 0.25) is 0 Å². The highest BCUT2D eigenvalue weighted by atomic mass is 19.4. The van der Waals surface area contributed by atoms with E-state index in [0.29, 0.717) is 5.56 Å². The number of methoxy groups -OCH3 is 1. The van der Waals surface area contributed by atoms with Gasteiger partial charge in [-0.1, -0.05) is 6.07 Å². The summed E-state index contributed by atoms with van der Waals surface area (Å²) in [5.41, 5.74) is 4.64. The Morgan fingerprint density at radius 2 is 2.05 bits per heavy atom. The maximum Gasteiger partial charge on any atom is 0.419 e. The van der Waals surface area contributed by atoms with E-state index in [1.807, 2.05) is 0 Å². The Morgan fingerprint density at radius 1 is 1.35 bits per heavy atom. The van der Waals surface area contributed by atoms with E-state index >= 15 is 0 Å². The van der Waals surface area contributed by atoms with Gasteiger partial charge in [-0.3, -0.25) is 0 Å². The van der Waals surface area contributed by atoms with Gasteiger partial charge in [-0.05, 0) is 17.7 Å². The van der Waals surface area contributed by atoms with Crippen molar-refractivity contribution in [1.29, 1.82) is 0 Å². The molecule has 5 nitrogen and oxygen atoms in total. The Hall–Kier alpha value is -1.93. The van der Waals surface area contributed by atoms with Crippen molar-refractivity contribution in [2.24, 2.45) is 11.6 Å². The number of benzene rings is 1. The molecule has 0 bridgehead atoms. The van der Waals surface area contributed by atoms with Gasteiger partial charge in [0, 0.05) is 19.5 Å². The van der Waals surface area contributed by atoms with E-state index in [9.17, 15) is 13.2 Å². The molecule has 1 aromatic carbocycles. The van der Waals surface area contributed by atoms with Crippen LogP contribution < -0.4 is 16.3 Å². The first-order valence-corrected chi connectivity index (χ1v) is 5.60. The summed E-state index contributed by atoms with van der Waals surface area (Å²) in [6.45, 7) is -0.178. The molecule has 0 aliphatic rings. The average molecular weight is 291 g/mol. The third-order valence-corrected chi connectivity index (χ3v) is 2.32. The lowest BCUT2D eigenvalue weighted by atomic mass is 10.1. The molecule has 0 fully saturated rings. The largest absolute Gasteiger partial charge is 0.467 e. The van der Waals surface area contributed by atoms with Gasteiger partial charge in [0.25, 0.3) is 0 Å². The Labute approximate surface area is 114 Å². The summed E-state index contributed by atoms with van der Waals surface area (Å²) in [5, 5.41) is 1.17. The Bertz CT molecular complexity index is 464. The lowest BCUT2D eigenvalue weighted by Crippen LogP contribution is -2.24. The molecule has 0 atom stereocenters. The molecular formula is C12H16F3N3O2. The molecular weight excluding hydrogens is 275 g/mol. The molecule has 20 heavy (non-hydrogen) atoms. The number of halogens is 3. The number of hydrazine groups is 1. The fourth-order valence-corrected chi connectivity index (χ4v) is 1.52. The molecule has 0 aromatic heterocycles. The normalized spacial score (nSPS) is 11.8. The van der Waals surface area contributed by atoms with Crippen molar-refractivity contribution in [2.75, 3.05) is 13.9 Å². The van der Waals surface area contributed by atoms with Crippen molar-refractivity contribution in [2.45, 2.75) is 12.7 Å². The van der Waals surface area contributed by atoms with Crippen molar-refractivity contribution in [1.82, 2.24) is 5.01 Å². The number of hydrogen-bond donors (Lipinski definition) is 2. The van der Waals surface area contributed by atoms with Crippen LogP contribution in [0.15, 0.2) is 30.6 Å². The van der Waals surface area contributed by atoms with Crippen LogP contribution in [0, 0.1) is 0 Å². The summed E-state index contributed by atoms with van der Waals surface area (Å²) in [6.07, 6.45) is -1.98. The molecule has 1 rings (SSSR count). The second-order valence-electron chi connectivity index (χ2n) is 3.89. The van der Waals surface area contributed by atoms with Crippen LogP contribution in [-0.2, 0) is 17.5 Å². The zero-order valence-corrected chi connectivity index (χ0v) is 10.9. The molecule has 1 aromatic rings. The van der Waals surface area contributed by atoms with Gasteiger partial charge < -0.3 is 20.2 Å². The minimum atomic E-state index is -4.53. The van der Waals surface area contributed by atoms with Crippen LogP contribution in [0.1, 0.15) is 11.1 Å². The number of nitrogens with zero attached hydrogens (tertiary/aromatic N) is 1. The van der Waals surface area contributed by atoms with Crippen molar-refractivity contribution in [3.63, 3.8) is 0 Å². The maximum atomic E-state index is 12.9. The topological polar surface area (TPSA) is 73.7 Å². The number of rotatable bonds is 6. The fraction of sp³-hybridized carbons (Fsp3) is 0.333. The third kappa shape index (κ3) is 4.63. The first-order chi connectivity index (χ1) is 9.38. The van der Waals surface area contributed by atoms with Gasteiger partial charge in [0.15, 0.2) is 6.79 Å². The monoisotopic (exact) mass is 291 g/mol. The maximum absolute atomic E-state index is 12.9. The standard InChI is InChI=1S/C12H16F3N3O2/c1-19-8-20-11-3-2-9(7-18(17)5-4-16)6-10(11)12(13,14)15/h2-6H,7-8,16-17H2,1H3/b5-4-. The van der Waals surface area contributed by atoms with Crippen LogP contribution in [0.4, 0.5) is 13.2 Å². The van der Waals surface area contributed by atoms with Crippen LogP contribution in [-0.4, -0.2) is 18.9 Å². The van der Waals surface area contributed by atoms with Crippen LogP contribution >= 0.6 is 0 Å². The quantitative estimate of drug-likeness (QED) is 0.475. The van der Waals surface area contributed by atoms with E-state index < -0.39 is 11.7 Å². The van der Waals surface area contributed by atoms with Gasteiger partial charge in [0.05, 0.1) is 12.1 Å². The molecule has 0 spiro atoms. The Balaban J connectivity index is 3.01. The lowest BCUT2D eigenvalue weighted by Gasteiger charge is -2.17. The van der Waals surface area contributed by atoms with E-state index in [-0.39, 0.29) is 19.1 Å². The first kappa shape index (κ1) is 16.1. The van der Waals surface area contributed by atoms with Gasteiger partial charge in [-0.15, -0.1) is 0 Å². The van der Waals surface area contributed by atoms with Gasteiger partial charge >= 0.3 is 6.18 Å². The molecule has 0 radical (unpaired) electrons. The summed E-state index contributed by atoms with van der Waals surface area (Å²) < 4.78 is 48.3. The van der Waals surface area contributed by atoms with Crippen molar-refractivity contribution < 1.29 is 22.6 Å². The molecule has 0 unspecified atom stereocenters. The van der Waals surface area contributed by atoms with E-state index in [1.54, 1.807) is 0 Å². The first-order valence-electron chi connectivity index (χ1n) is 5.60. The summed E-state index contributed by atoms with van der Waals surface area (Å²) >= 11 is 0. The van der Waals surface area contributed by atoms with Gasteiger partial charge in [-0.25, -0.2) is 5.84 Å². The van der Waals surface area contributed by atoms with E-state index in [2.05, 4.69) is 4.74 Å². The van der Waals surface area contributed by atoms with Crippen LogP contribution in [0.3, 0.4) is 0 Å². The van der Waals surface area contributed by atoms with Crippen LogP contribution in [0.2, 0.25) is 0 Å². The average Bonchev–Trinajstić information content (AvgIpc) is 2.36. The molecule has 112 valence electrons. The van der Waals surface area contributed by atoms with Crippen molar-refractivity contribution in [3.05, 3.63) is 41.7 Å². The summed E-state index contributed by atoms with van der Waals surface area (Å²) in [5.74, 6) is 5.24. The molecule has 0 aliphatic heterocycles. The summed E-state index contributed by atoms with van der Waals surface area (Å²) in [6, 6.07) is 3.71. The SMILES string of the molecule is COCOc1ccc(CN(N)/C=C\N)cc1C(F)(F)F. The van der Waals surface area contributed by atoms with E-state index in [1.165, 1.54) is 36.7 Å². The van der Waals surface area contributed by atoms with Crippen molar-refractivity contribution >= 4 is 0 Å². The smallest absolute Gasteiger partial charge is 0.419 e. The summed E-state index contributed by atoms with van der Waals surface area (Å²) in [4.78, 5) is 0. The molecule has 0 aliphatic carbocycles. The third-order valence-electron chi connectivity index (χ3n) is 2.32. The lowest BCUT2D eigenvalue weighted by molar-refractivity contribution is -0.139. The van der Waals surface area contributed by atoms with Crippen LogP contribution in [0.25, 0.3) is 0 Å². The zero-order chi connectivity index (χ0) is 15.2. The second kappa shape index (κ2) is 7.01. The highest BCUT2D eigenvalue weighted by Crippen LogP contribution is 2.37. The predicted molar refractivity (Wildman–Crippen MR) is 67.0 cm³/mol. The number of nitrogens with two attached hydrogens (primary N) is 2. The summed E-state index contributed by atoms with van der Waals surface area (Å²) in [7, 11) is 1.33. The minimum absolute atomic E-state index is 0.0847. The highest BCUT2D eigenvalue weighted by molar-refractivity contribution is 5.39. The molecule has 0 amide bonds. The van der Waals surface area contributed by atoms with Gasteiger partial charge in [-0.2, -0.15) is 13.2 Å². The predicted octanol–water partition coefficient (Wildman–Crippen LogP) is 1.79. The van der Waals surface area contributed by atoms with E-state index in [0.717, 1.165) is 6.07 Å². The number of hydrogen-bond acceptors (Lipinski definition) is 5. The van der Waals surface area contributed by atoms with Gasteiger partial charge in [0.1, 0.15) is 5.75 Å². The number of ether oxygens (including phenoxy) is 2. The fourth-order valence-electron chi connectivity index (χ4n) is 1.52. The highest BCUT2D eigenvalue weighted by Gasteiger charge is 2.34. The second-order valence-corrected chi connectivity index (χ2v) is 3.89. The van der Waals surface area contributed by atoms with Crippen molar-refractivity contribution in [3.8, 4) is 5.75 Å². The molecule has 0 saturated heterocycles. The Kier molecular flexibility index (Phi) is 5.66. The molecule has 0 heterocycles. The molecule has 4 N–H and O–H groups in total. The number of alkyl halides is 3. The zero-order valence-electron chi connectivity index (χ0n) is 10.9. The molecule has 8 heteroatoms. The minimum Gasteiger partial charge on any atom is -0.467 e.